The summed E-state index contributed by atoms with van der Waals surface area (Å²) in [5.74, 6) is 2.06. The van der Waals surface area contributed by atoms with E-state index in [1.54, 1.807) is 0 Å². The van der Waals surface area contributed by atoms with Gasteiger partial charge in [0.2, 0.25) is 5.95 Å². The molecule has 6 heteroatoms. The summed E-state index contributed by atoms with van der Waals surface area (Å²) in [6.07, 6.45) is 10.8. The molecule has 0 N–H and O–H groups in total. The molecule has 3 heterocycles. The van der Waals surface area contributed by atoms with E-state index in [2.05, 4.69) is 16.8 Å². The normalized spacial score (nSPS) is 24.6. The van der Waals surface area contributed by atoms with Crippen molar-refractivity contribution in [2.24, 2.45) is 5.92 Å². The first-order valence-corrected chi connectivity index (χ1v) is 12.6. The lowest BCUT2D eigenvalue weighted by Crippen LogP contribution is -2.61. The predicted molar refractivity (Wildman–Crippen MR) is 123 cm³/mol. The maximum absolute atomic E-state index is 13.8. The molecule has 0 radical (unpaired) electrons. The molecule has 0 saturated heterocycles. The Hall–Kier alpha value is -2.47. The van der Waals surface area contributed by atoms with Crippen molar-refractivity contribution in [1.29, 1.82) is 0 Å². The third kappa shape index (κ3) is 2.99. The summed E-state index contributed by atoms with van der Waals surface area (Å²) in [6.45, 7) is 0. The average Bonchev–Trinajstić information content (AvgIpc) is 3.52. The number of hydrogen-bond acceptors (Lipinski definition) is 4. The maximum atomic E-state index is 13.8. The summed E-state index contributed by atoms with van der Waals surface area (Å²) in [6, 6.07) is 14.3. The SMILES string of the molecule is O=C(c1cccs1)N1c2nc(-c3ccccc3)nn2C2(CCCCC2)[C@@H]2CCCC[C@@H]21. The van der Waals surface area contributed by atoms with Crippen LogP contribution in [0.25, 0.3) is 11.4 Å². The number of fused-ring (bicyclic) bond motifs is 4. The summed E-state index contributed by atoms with van der Waals surface area (Å²) in [4.78, 5) is 21.6. The summed E-state index contributed by atoms with van der Waals surface area (Å²) < 4.78 is 2.20. The fourth-order valence-electron chi connectivity index (χ4n) is 6.33. The van der Waals surface area contributed by atoms with Crippen LogP contribution in [0.5, 0.6) is 0 Å². The molecule has 3 aliphatic rings. The predicted octanol–water partition coefficient (Wildman–Crippen LogP) is 5.89. The van der Waals surface area contributed by atoms with Crippen molar-refractivity contribution >= 4 is 23.2 Å². The fraction of sp³-hybridized carbons (Fsp3) is 0.480. The molecule has 0 unspecified atom stereocenters. The number of nitrogens with zero attached hydrogens (tertiary/aromatic N) is 4. The van der Waals surface area contributed by atoms with Crippen molar-refractivity contribution < 1.29 is 4.79 Å². The lowest BCUT2D eigenvalue weighted by atomic mass is 9.64. The minimum atomic E-state index is 0.00489. The quantitative estimate of drug-likeness (QED) is 0.508. The van der Waals surface area contributed by atoms with Crippen LogP contribution in [-0.2, 0) is 5.54 Å². The second-order valence-electron chi connectivity index (χ2n) is 9.29. The van der Waals surface area contributed by atoms with Gasteiger partial charge in [0, 0.05) is 17.5 Å². The van der Waals surface area contributed by atoms with E-state index in [9.17, 15) is 4.79 Å². The van der Waals surface area contributed by atoms with Gasteiger partial charge >= 0.3 is 0 Å². The Kier molecular flexibility index (Phi) is 4.71. The molecule has 0 bridgehead atoms. The number of hydrogen-bond donors (Lipinski definition) is 0. The van der Waals surface area contributed by atoms with E-state index in [1.807, 2.05) is 40.6 Å². The molecule has 2 fully saturated rings. The maximum Gasteiger partial charge on any atom is 0.270 e. The van der Waals surface area contributed by atoms with Gasteiger partial charge in [-0.1, -0.05) is 68.5 Å². The van der Waals surface area contributed by atoms with Crippen molar-refractivity contribution in [3.05, 3.63) is 52.7 Å². The molecular weight excluding hydrogens is 404 g/mol. The van der Waals surface area contributed by atoms with Crippen LogP contribution in [0, 0.1) is 5.92 Å². The first-order chi connectivity index (χ1) is 15.3. The standard InChI is InChI=1S/C25H28N4OS/c30-23(21-14-9-17-31-21)28-20-13-6-5-12-19(20)25(15-7-2-8-16-25)29-24(28)26-22(27-29)18-10-3-1-4-11-18/h1,3-4,9-11,14,17,19-20H,2,5-8,12-13,15-16H2/t19-,20+/m1/s1. The zero-order chi connectivity index (χ0) is 20.8. The minimum absolute atomic E-state index is 0.00489. The highest BCUT2D eigenvalue weighted by Gasteiger charge is 2.55. The summed E-state index contributed by atoms with van der Waals surface area (Å²) in [5, 5.41) is 7.10. The Labute approximate surface area is 187 Å². The Morgan fingerprint density at radius 1 is 0.968 bits per heavy atom. The molecule has 1 spiro atoms. The largest absolute Gasteiger partial charge is 0.273 e. The van der Waals surface area contributed by atoms with Crippen LogP contribution in [-0.4, -0.2) is 26.7 Å². The van der Waals surface area contributed by atoms with Crippen LogP contribution in [0.1, 0.15) is 67.5 Å². The van der Waals surface area contributed by atoms with Gasteiger partial charge in [-0.15, -0.1) is 16.4 Å². The molecule has 1 aromatic carbocycles. The van der Waals surface area contributed by atoms with E-state index in [1.165, 1.54) is 49.9 Å². The van der Waals surface area contributed by atoms with E-state index in [-0.39, 0.29) is 17.5 Å². The first kappa shape index (κ1) is 19.2. The third-order valence-corrected chi connectivity index (χ3v) is 8.54. The molecule has 2 atom stereocenters. The first-order valence-electron chi connectivity index (χ1n) is 11.7. The minimum Gasteiger partial charge on any atom is -0.273 e. The van der Waals surface area contributed by atoms with Crippen molar-refractivity contribution in [3.63, 3.8) is 0 Å². The molecule has 6 rings (SSSR count). The lowest BCUT2D eigenvalue weighted by molar-refractivity contribution is 0.0315. The average molecular weight is 433 g/mol. The van der Waals surface area contributed by atoms with Gasteiger partial charge in [-0.2, -0.15) is 4.98 Å². The third-order valence-electron chi connectivity index (χ3n) is 7.68. The smallest absolute Gasteiger partial charge is 0.270 e. The number of anilines is 1. The number of carbonyl (C=O) groups excluding carboxylic acids is 1. The molecule has 1 amide bonds. The lowest BCUT2D eigenvalue weighted by Gasteiger charge is -2.55. The van der Waals surface area contributed by atoms with Gasteiger partial charge in [-0.05, 0) is 37.1 Å². The van der Waals surface area contributed by atoms with Gasteiger partial charge in [0.15, 0.2) is 5.82 Å². The number of rotatable bonds is 2. The van der Waals surface area contributed by atoms with Gasteiger partial charge in [0.05, 0.1) is 10.4 Å². The van der Waals surface area contributed by atoms with Crippen LogP contribution in [0.15, 0.2) is 47.8 Å². The van der Waals surface area contributed by atoms with Crippen molar-refractivity contribution in [2.75, 3.05) is 4.90 Å². The molecule has 2 aliphatic carbocycles. The van der Waals surface area contributed by atoms with Crippen LogP contribution >= 0.6 is 11.3 Å². The summed E-state index contributed by atoms with van der Waals surface area (Å²) in [7, 11) is 0. The second kappa shape index (κ2) is 7.59. The molecule has 31 heavy (non-hydrogen) atoms. The van der Waals surface area contributed by atoms with Crippen molar-refractivity contribution in [2.45, 2.75) is 69.4 Å². The zero-order valence-electron chi connectivity index (χ0n) is 17.7. The van der Waals surface area contributed by atoms with Gasteiger partial charge in [0.1, 0.15) is 0 Å². The van der Waals surface area contributed by atoms with Crippen molar-refractivity contribution in [3.8, 4) is 11.4 Å². The van der Waals surface area contributed by atoms with E-state index in [0.29, 0.717) is 5.92 Å². The molecule has 2 saturated carbocycles. The van der Waals surface area contributed by atoms with Crippen LogP contribution in [0.4, 0.5) is 5.95 Å². The van der Waals surface area contributed by atoms with Gasteiger partial charge in [-0.3, -0.25) is 9.69 Å². The Balaban J connectivity index is 1.55. The monoisotopic (exact) mass is 432 g/mol. The van der Waals surface area contributed by atoms with Crippen LogP contribution in [0.2, 0.25) is 0 Å². The topological polar surface area (TPSA) is 51.0 Å². The Bertz CT molecular complexity index is 1070. The summed E-state index contributed by atoms with van der Waals surface area (Å²) >= 11 is 1.52. The van der Waals surface area contributed by atoms with E-state index in [0.717, 1.165) is 41.5 Å². The Morgan fingerprint density at radius 2 is 1.77 bits per heavy atom. The van der Waals surface area contributed by atoms with E-state index < -0.39 is 0 Å². The highest BCUT2D eigenvalue weighted by Crippen LogP contribution is 2.53. The molecular formula is C25H28N4OS. The number of aromatic nitrogens is 3. The van der Waals surface area contributed by atoms with Gasteiger partial charge < -0.3 is 0 Å². The molecule has 3 aromatic rings. The summed E-state index contributed by atoms with van der Waals surface area (Å²) in [5.41, 5.74) is 1.02. The molecule has 160 valence electrons. The number of amides is 1. The Morgan fingerprint density at radius 3 is 2.55 bits per heavy atom. The number of benzene rings is 1. The van der Waals surface area contributed by atoms with Crippen LogP contribution < -0.4 is 4.90 Å². The zero-order valence-corrected chi connectivity index (χ0v) is 18.6. The fourth-order valence-corrected chi connectivity index (χ4v) is 6.99. The van der Waals surface area contributed by atoms with Gasteiger partial charge in [0.25, 0.3) is 5.91 Å². The molecule has 5 nitrogen and oxygen atoms in total. The van der Waals surface area contributed by atoms with E-state index >= 15 is 0 Å². The van der Waals surface area contributed by atoms with Gasteiger partial charge in [-0.25, -0.2) is 4.68 Å². The number of thiophene rings is 1. The second-order valence-corrected chi connectivity index (χ2v) is 10.2. The van der Waals surface area contributed by atoms with Crippen LogP contribution in [0.3, 0.4) is 0 Å². The number of carbonyl (C=O) groups is 1. The van der Waals surface area contributed by atoms with E-state index in [4.69, 9.17) is 10.1 Å². The molecule has 2 aromatic heterocycles. The van der Waals surface area contributed by atoms with Crippen molar-refractivity contribution in [1.82, 2.24) is 14.8 Å². The highest BCUT2D eigenvalue weighted by atomic mass is 32.1. The highest BCUT2D eigenvalue weighted by molar-refractivity contribution is 7.12. The molecule has 1 aliphatic heterocycles.